The maximum Gasteiger partial charge on any atom is 0.243 e. The Hall–Kier alpha value is -6.87. The summed E-state index contributed by atoms with van der Waals surface area (Å²) in [5.41, 5.74) is 14.5. The average Bonchev–Trinajstić information content (AvgIpc) is 4.29. The van der Waals surface area contributed by atoms with Gasteiger partial charge in [-0.15, -0.1) is 21.5 Å². The zero-order valence-corrected chi connectivity index (χ0v) is 47.0. The summed E-state index contributed by atoms with van der Waals surface area (Å²) in [6, 6.07) is 23.3. The Balaban J connectivity index is 0.576. The molecule has 6 aliphatic rings. The summed E-state index contributed by atoms with van der Waals surface area (Å²) in [5, 5.41) is 37.5. The Morgan fingerprint density at radius 3 is 2.27 bits per heavy atom. The Morgan fingerprint density at radius 2 is 1.56 bits per heavy atom. The predicted molar refractivity (Wildman–Crippen MR) is 307 cm³/mol. The van der Waals surface area contributed by atoms with Crippen LogP contribution in [-0.2, 0) is 14.3 Å². The minimum absolute atomic E-state index is 0.0774. The number of nitrogens with one attached hydrogen (secondary N) is 1. The molecule has 19 nitrogen and oxygen atoms in total. The van der Waals surface area contributed by atoms with Crippen LogP contribution in [0.5, 0.6) is 11.6 Å². The number of nitrogens with two attached hydrogens (primary N) is 1. The van der Waals surface area contributed by atoms with Gasteiger partial charge in [0, 0.05) is 113 Å². The molecule has 2 aromatic carbocycles. The van der Waals surface area contributed by atoms with Crippen LogP contribution < -0.4 is 30.5 Å². The molecular weight excluding hydrogens is 1030 g/mol. The lowest BCUT2D eigenvalue weighted by Crippen LogP contribution is -2.54. The Kier molecular flexibility index (Phi) is 15.4. The van der Waals surface area contributed by atoms with E-state index < -0.39 is 18.1 Å². The number of hydrogen-bond acceptors (Lipinski definition) is 18. The Morgan fingerprint density at radius 1 is 0.812 bits per heavy atom. The number of nitrogen functional groups attached to an aromatic ring is 1. The number of thiazole rings is 1. The van der Waals surface area contributed by atoms with Gasteiger partial charge in [-0.05, 0) is 93.7 Å². The number of carbonyl (C=O) groups excluding carboxylic acids is 2. The number of para-hydroxylation sites is 1. The number of piperidine rings is 2. The topological polar surface area (TPSA) is 225 Å². The van der Waals surface area contributed by atoms with Crippen molar-refractivity contribution in [3.8, 4) is 33.3 Å². The number of rotatable bonds is 16. The van der Waals surface area contributed by atoms with E-state index in [1.165, 1.54) is 4.90 Å². The highest BCUT2D eigenvalue weighted by Crippen LogP contribution is 2.41. The number of piperazine rings is 1. The van der Waals surface area contributed by atoms with Gasteiger partial charge in [0.2, 0.25) is 17.7 Å². The quantitative estimate of drug-likeness (QED) is 0.0727. The molecule has 20 heteroatoms. The van der Waals surface area contributed by atoms with Crippen LogP contribution in [0.2, 0.25) is 0 Å². The summed E-state index contributed by atoms with van der Waals surface area (Å²) in [6.07, 6.45) is 9.65. The third-order valence-electron chi connectivity index (χ3n) is 17.7. The largest absolute Gasteiger partial charge is 0.507 e. The molecule has 4 aromatic heterocycles. The van der Waals surface area contributed by atoms with Gasteiger partial charge in [0.05, 0.1) is 51.8 Å². The summed E-state index contributed by atoms with van der Waals surface area (Å²) in [7, 11) is 0. The fourth-order valence-corrected chi connectivity index (χ4v) is 14.1. The van der Waals surface area contributed by atoms with E-state index in [9.17, 15) is 19.8 Å². The number of aliphatic hydroxyl groups is 1. The highest BCUT2D eigenvalue weighted by atomic mass is 32.1. The number of anilines is 4. The molecule has 5 saturated heterocycles. The summed E-state index contributed by atoms with van der Waals surface area (Å²) in [5.74, 6) is 1.09. The van der Waals surface area contributed by atoms with Gasteiger partial charge in [-0.3, -0.25) is 9.59 Å². The second kappa shape index (κ2) is 22.9. The number of ether oxygens (including phenoxy) is 2. The van der Waals surface area contributed by atoms with Gasteiger partial charge in [-0.1, -0.05) is 55.4 Å². The summed E-state index contributed by atoms with van der Waals surface area (Å²) < 4.78 is 19.1. The molecule has 422 valence electrons. The molecular formula is C60H74N12O7S. The standard InChI is InChI=1S/C60H74N12O7S/c1-35(2)56(60(76)71-33-44(73)26-51(71)59(75)64-36(3)38-9-11-39(12-10-38)57-37(4)63-34-80-57)53-30-54(67-79-53)69-21-16-40(17-22-69)68-23-18-45(19-24-68)77-46-27-47(28-46)78-55-25-41(15-20-62-55)72-42-13-14-43(72)32-70(31-42)50-29-49(65-66-58(50)61)48-7-5-6-8-52(48)74/h5-12,15,20,25,29-30,34-36,40,42-47,51,56,73-74H,13-14,16-19,21-24,26-28,31-33H2,1-4H3,(H2,61,66)(H,64,75)/t36-,42+,43?,44+,46?,47?,51-,56-/m0/s1. The van der Waals surface area contributed by atoms with Crippen molar-refractivity contribution in [2.45, 2.75) is 146 Å². The second-order valence-electron chi connectivity index (χ2n) is 23.3. The van der Waals surface area contributed by atoms with Gasteiger partial charge < -0.3 is 59.8 Å². The first-order chi connectivity index (χ1) is 38.8. The van der Waals surface area contributed by atoms with E-state index in [0.29, 0.717) is 46.8 Å². The van der Waals surface area contributed by atoms with Crippen LogP contribution >= 0.6 is 11.3 Å². The number of amides is 2. The number of phenolic OH excluding ortho intramolecular Hbond substituents is 1. The van der Waals surface area contributed by atoms with E-state index in [4.69, 9.17) is 19.7 Å². The first kappa shape index (κ1) is 53.8. The van der Waals surface area contributed by atoms with Crippen LogP contribution in [0.3, 0.4) is 0 Å². The zero-order valence-electron chi connectivity index (χ0n) is 46.1. The molecule has 5 aliphatic heterocycles. The molecule has 6 atom stereocenters. The third kappa shape index (κ3) is 11.2. The van der Waals surface area contributed by atoms with Gasteiger partial charge in [0.25, 0.3) is 0 Å². The fourth-order valence-electron chi connectivity index (χ4n) is 13.3. The normalized spacial score (nSPS) is 24.5. The molecule has 1 saturated carbocycles. The minimum atomic E-state index is -0.806. The number of fused-ring (bicyclic) bond motifs is 2. The van der Waals surface area contributed by atoms with Crippen molar-refractivity contribution in [3.05, 3.63) is 102 Å². The molecule has 1 aliphatic carbocycles. The van der Waals surface area contributed by atoms with Crippen LogP contribution in [0.15, 0.2) is 89.0 Å². The summed E-state index contributed by atoms with van der Waals surface area (Å²) in [4.78, 5) is 49.6. The van der Waals surface area contributed by atoms with Crippen LogP contribution in [0.4, 0.5) is 23.0 Å². The van der Waals surface area contributed by atoms with E-state index >= 15 is 0 Å². The molecule has 2 amide bonds. The third-order valence-corrected chi connectivity index (χ3v) is 18.7. The monoisotopic (exact) mass is 1110 g/mol. The molecule has 2 bridgehead atoms. The lowest BCUT2D eigenvalue weighted by Gasteiger charge is -2.44. The van der Waals surface area contributed by atoms with E-state index in [1.807, 2.05) is 87.9 Å². The van der Waals surface area contributed by atoms with Crippen LogP contribution in [0.1, 0.15) is 108 Å². The smallest absolute Gasteiger partial charge is 0.243 e. The number of carbonyl (C=O) groups is 2. The lowest BCUT2D eigenvalue weighted by molar-refractivity contribution is -0.141. The van der Waals surface area contributed by atoms with Gasteiger partial charge >= 0.3 is 0 Å². The van der Waals surface area contributed by atoms with Gasteiger partial charge in [-0.2, -0.15) is 0 Å². The Bertz CT molecular complexity index is 3120. The van der Waals surface area contributed by atoms with E-state index in [-0.39, 0.29) is 60.8 Å². The lowest BCUT2D eigenvalue weighted by atomic mass is 9.91. The highest BCUT2D eigenvalue weighted by molar-refractivity contribution is 7.13. The molecule has 0 radical (unpaired) electrons. The van der Waals surface area contributed by atoms with Crippen molar-refractivity contribution in [1.29, 1.82) is 0 Å². The van der Waals surface area contributed by atoms with E-state index in [0.717, 1.165) is 130 Å². The fraction of sp³-hybridized carbons (Fsp3) is 0.517. The number of phenols is 1. The average molecular weight is 1110 g/mol. The summed E-state index contributed by atoms with van der Waals surface area (Å²) >= 11 is 1.60. The number of pyridine rings is 1. The van der Waals surface area contributed by atoms with E-state index in [1.54, 1.807) is 23.5 Å². The van der Waals surface area contributed by atoms with E-state index in [2.05, 4.69) is 62.4 Å². The number of aliphatic hydroxyl groups excluding tert-OH is 1. The number of hydrogen-bond donors (Lipinski definition) is 4. The van der Waals surface area contributed by atoms with Gasteiger partial charge in [-0.25, -0.2) is 9.97 Å². The van der Waals surface area contributed by atoms with Crippen LogP contribution in [0.25, 0.3) is 21.7 Å². The molecule has 0 spiro atoms. The molecule has 9 heterocycles. The number of aromatic hydroxyl groups is 1. The first-order valence-corrected chi connectivity index (χ1v) is 29.7. The molecule has 6 fully saturated rings. The number of benzene rings is 2. The maximum absolute atomic E-state index is 14.4. The van der Waals surface area contributed by atoms with Crippen LogP contribution in [-0.4, -0.2) is 152 Å². The van der Waals surface area contributed by atoms with Crippen molar-refractivity contribution in [2.24, 2.45) is 5.92 Å². The van der Waals surface area contributed by atoms with Crippen molar-refractivity contribution in [2.75, 3.05) is 66.2 Å². The van der Waals surface area contributed by atoms with Crippen molar-refractivity contribution in [1.82, 2.24) is 40.4 Å². The Labute approximate surface area is 471 Å². The number of nitrogens with zero attached hydrogens (tertiary/aromatic N) is 10. The van der Waals surface area contributed by atoms with Crippen molar-refractivity contribution < 1.29 is 33.8 Å². The second-order valence-corrected chi connectivity index (χ2v) is 24.2. The SMILES string of the molecule is Cc1ncsc1-c1ccc([C@H](C)NC(=O)[C@@H]2C[C@@H](O)CN2C(=O)[C@H](c2cc(N3CCC(N4CCC(OC5CC(Oc6cc(N7C8CC[C@@H]7CN(c7cc(-c9ccccc9O)nnc7N)C8)ccn6)C5)CC4)CC3)no2)C(C)C)cc1. The number of aryl methyl sites for hydroxylation is 1. The zero-order chi connectivity index (χ0) is 55.2. The minimum Gasteiger partial charge on any atom is -0.507 e. The van der Waals surface area contributed by atoms with Crippen molar-refractivity contribution in [3.63, 3.8) is 0 Å². The van der Waals surface area contributed by atoms with Gasteiger partial charge in [0.15, 0.2) is 17.4 Å². The number of aromatic nitrogens is 5. The maximum atomic E-state index is 14.4. The number of likely N-dealkylation sites (tertiary alicyclic amines) is 2. The summed E-state index contributed by atoms with van der Waals surface area (Å²) in [6.45, 7) is 13.3. The van der Waals surface area contributed by atoms with Crippen LogP contribution in [0, 0.1) is 12.8 Å². The first-order valence-electron chi connectivity index (χ1n) is 28.8. The molecule has 5 N–H and O–H groups in total. The molecule has 12 rings (SSSR count). The van der Waals surface area contributed by atoms with Crippen molar-refractivity contribution >= 4 is 46.2 Å². The number of β-amino-alcohol motifs (C(OH)–C–C–N with tert-alkyl or cyclic N) is 1. The predicted octanol–water partition coefficient (Wildman–Crippen LogP) is 7.74. The molecule has 6 aromatic rings. The highest BCUT2D eigenvalue weighted by Gasteiger charge is 2.45. The molecule has 1 unspecified atom stereocenters. The van der Waals surface area contributed by atoms with Gasteiger partial charge in [0.1, 0.15) is 23.8 Å². The molecule has 80 heavy (non-hydrogen) atoms.